The van der Waals surface area contributed by atoms with Gasteiger partial charge in [-0.15, -0.1) is 0 Å². The van der Waals surface area contributed by atoms with Crippen LogP contribution in [0, 0.1) is 0 Å². The summed E-state index contributed by atoms with van der Waals surface area (Å²) in [5, 5.41) is 3.64. The fourth-order valence-corrected chi connectivity index (χ4v) is 5.23. The van der Waals surface area contributed by atoms with Gasteiger partial charge in [0, 0.05) is 30.9 Å². The predicted molar refractivity (Wildman–Crippen MR) is 115 cm³/mol. The van der Waals surface area contributed by atoms with Crippen LogP contribution in [0.5, 0.6) is 5.75 Å². The van der Waals surface area contributed by atoms with E-state index in [0.29, 0.717) is 23.5 Å². The summed E-state index contributed by atoms with van der Waals surface area (Å²) in [6.45, 7) is 5.89. The highest BCUT2D eigenvalue weighted by Crippen LogP contribution is 2.34. The lowest BCUT2D eigenvalue weighted by Crippen LogP contribution is -2.54. The standard InChI is InChI=1S/C19H23Cl2N3O3S/c1-12-10-24(11-13(2)22-12)14-7-8-17(27-3)16(9-14)23-28(25,26)18-6-4-5-15(20)19(18)21/h4-9,12-13,22-23H,10-11H2,1-3H3/t12-,13+. The molecule has 0 aromatic heterocycles. The Balaban J connectivity index is 1.95. The second-order valence-corrected chi connectivity index (χ2v) is 9.35. The van der Waals surface area contributed by atoms with Crippen LogP contribution in [0.15, 0.2) is 41.3 Å². The molecule has 0 unspecified atom stereocenters. The van der Waals surface area contributed by atoms with Crippen LogP contribution < -0.4 is 19.7 Å². The Morgan fingerprint density at radius 3 is 2.46 bits per heavy atom. The second kappa shape index (κ2) is 8.37. The van der Waals surface area contributed by atoms with Gasteiger partial charge in [-0.25, -0.2) is 8.42 Å². The average Bonchev–Trinajstić information content (AvgIpc) is 2.62. The Morgan fingerprint density at radius 1 is 1.14 bits per heavy atom. The van der Waals surface area contributed by atoms with Gasteiger partial charge in [-0.1, -0.05) is 29.3 Å². The summed E-state index contributed by atoms with van der Waals surface area (Å²) in [5.41, 5.74) is 1.26. The number of hydrogen-bond acceptors (Lipinski definition) is 5. The first kappa shape index (κ1) is 21.0. The Kier molecular flexibility index (Phi) is 6.29. The molecule has 0 aliphatic carbocycles. The molecule has 28 heavy (non-hydrogen) atoms. The van der Waals surface area contributed by atoms with Crippen LogP contribution in [-0.2, 0) is 10.0 Å². The average molecular weight is 444 g/mol. The van der Waals surface area contributed by atoms with Gasteiger partial charge in [0.15, 0.2) is 0 Å². The molecule has 0 amide bonds. The third-order valence-corrected chi connectivity index (χ3v) is 6.89. The topological polar surface area (TPSA) is 70.7 Å². The van der Waals surface area contributed by atoms with Gasteiger partial charge in [0.05, 0.1) is 22.8 Å². The quantitative estimate of drug-likeness (QED) is 0.730. The molecule has 2 aromatic rings. The van der Waals surface area contributed by atoms with Crippen molar-refractivity contribution in [2.45, 2.75) is 30.8 Å². The van der Waals surface area contributed by atoms with Gasteiger partial charge in [-0.2, -0.15) is 0 Å². The fourth-order valence-electron chi connectivity index (χ4n) is 3.40. The van der Waals surface area contributed by atoms with Crippen molar-refractivity contribution < 1.29 is 13.2 Å². The Hall–Kier alpha value is -1.67. The van der Waals surface area contributed by atoms with Crippen molar-refractivity contribution in [3.05, 3.63) is 46.4 Å². The normalized spacial score (nSPS) is 20.1. The lowest BCUT2D eigenvalue weighted by Gasteiger charge is -2.38. The summed E-state index contributed by atoms with van der Waals surface area (Å²) in [4.78, 5) is 2.13. The number of halogens is 2. The highest BCUT2D eigenvalue weighted by atomic mass is 35.5. The van der Waals surface area contributed by atoms with Crippen molar-refractivity contribution in [3.63, 3.8) is 0 Å². The number of hydrogen-bond donors (Lipinski definition) is 2. The molecule has 2 aromatic carbocycles. The van der Waals surface area contributed by atoms with Crippen molar-refractivity contribution in [2.24, 2.45) is 0 Å². The number of piperazine rings is 1. The van der Waals surface area contributed by atoms with Crippen LogP contribution in [0.4, 0.5) is 11.4 Å². The van der Waals surface area contributed by atoms with E-state index in [1.165, 1.54) is 19.2 Å². The Morgan fingerprint density at radius 2 is 1.82 bits per heavy atom. The Bertz CT molecular complexity index is 959. The molecule has 0 bridgehead atoms. The molecular weight excluding hydrogens is 421 g/mol. The van der Waals surface area contributed by atoms with Gasteiger partial charge in [-0.3, -0.25) is 4.72 Å². The van der Waals surface area contributed by atoms with E-state index in [-0.39, 0.29) is 14.9 Å². The van der Waals surface area contributed by atoms with Crippen LogP contribution in [0.3, 0.4) is 0 Å². The number of anilines is 2. The molecule has 0 radical (unpaired) electrons. The number of nitrogens with zero attached hydrogens (tertiary/aromatic N) is 1. The zero-order chi connectivity index (χ0) is 20.5. The maximum absolute atomic E-state index is 12.9. The van der Waals surface area contributed by atoms with Gasteiger partial charge in [0.25, 0.3) is 10.0 Å². The molecule has 1 aliphatic heterocycles. The van der Waals surface area contributed by atoms with Crippen LogP contribution in [-0.4, -0.2) is 40.7 Å². The number of sulfonamides is 1. The molecule has 1 heterocycles. The van der Waals surface area contributed by atoms with E-state index in [1.807, 2.05) is 6.07 Å². The molecule has 1 saturated heterocycles. The van der Waals surface area contributed by atoms with Crippen molar-refractivity contribution in [3.8, 4) is 5.75 Å². The van der Waals surface area contributed by atoms with E-state index in [0.717, 1.165) is 18.8 Å². The van der Waals surface area contributed by atoms with Crippen molar-refractivity contribution in [1.29, 1.82) is 0 Å². The maximum atomic E-state index is 12.9. The SMILES string of the molecule is COc1ccc(N2C[C@@H](C)N[C@@H](C)C2)cc1NS(=O)(=O)c1cccc(Cl)c1Cl. The first-order valence-electron chi connectivity index (χ1n) is 8.87. The number of rotatable bonds is 5. The van der Waals surface area contributed by atoms with Gasteiger partial charge in [0.2, 0.25) is 0 Å². The van der Waals surface area contributed by atoms with Gasteiger partial charge in [-0.05, 0) is 44.2 Å². The zero-order valence-electron chi connectivity index (χ0n) is 15.9. The molecule has 3 rings (SSSR count). The maximum Gasteiger partial charge on any atom is 0.263 e. The molecule has 0 spiro atoms. The first-order valence-corrected chi connectivity index (χ1v) is 11.1. The summed E-state index contributed by atoms with van der Waals surface area (Å²) in [6, 6.07) is 10.6. The number of methoxy groups -OCH3 is 1. The minimum atomic E-state index is -3.95. The van der Waals surface area contributed by atoms with Crippen molar-refractivity contribution in [2.75, 3.05) is 29.8 Å². The van der Waals surface area contributed by atoms with Gasteiger partial charge >= 0.3 is 0 Å². The van der Waals surface area contributed by atoms with Crippen LogP contribution in [0.2, 0.25) is 10.0 Å². The highest BCUT2D eigenvalue weighted by molar-refractivity contribution is 7.92. The monoisotopic (exact) mass is 443 g/mol. The van der Waals surface area contributed by atoms with Crippen LogP contribution in [0.1, 0.15) is 13.8 Å². The third kappa shape index (κ3) is 4.49. The van der Waals surface area contributed by atoms with Crippen molar-refractivity contribution in [1.82, 2.24) is 5.32 Å². The van der Waals surface area contributed by atoms with Crippen LogP contribution >= 0.6 is 23.2 Å². The molecule has 2 atom stereocenters. The van der Waals surface area contributed by atoms with Gasteiger partial charge < -0.3 is 15.0 Å². The smallest absolute Gasteiger partial charge is 0.263 e. The summed E-state index contributed by atoms with van der Waals surface area (Å²) in [5.74, 6) is 0.418. The van der Waals surface area contributed by atoms with E-state index in [9.17, 15) is 8.42 Å². The van der Waals surface area contributed by atoms with E-state index in [4.69, 9.17) is 27.9 Å². The molecule has 9 heteroatoms. The second-order valence-electron chi connectivity index (χ2n) is 6.92. The Labute approximate surface area is 175 Å². The van der Waals surface area contributed by atoms with E-state index < -0.39 is 10.0 Å². The number of nitrogens with one attached hydrogen (secondary N) is 2. The van der Waals surface area contributed by atoms with Crippen LogP contribution in [0.25, 0.3) is 0 Å². The minimum absolute atomic E-state index is 0.0171. The van der Waals surface area contributed by atoms with E-state index >= 15 is 0 Å². The largest absolute Gasteiger partial charge is 0.495 e. The predicted octanol–water partition coefficient (Wildman–Crippen LogP) is 3.99. The molecule has 1 fully saturated rings. The summed E-state index contributed by atoms with van der Waals surface area (Å²) >= 11 is 12.1. The summed E-state index contributed by atoms with van der Waals surface area (Å²) in [7, 11) is -2.45. The summed E-state index contributed by atoms with van der Waals surface area (Å²) in [6.07, 6.45) is 0. The lowest BCUT2D eigenvalue weighted by atomic mass is 10.1. The molecule has 152 valence electrons. The molecule has 6 nitrogen and oxygen atoms in total. The number of ether oxygens (including phenoxy) is 1. The van der Waals surface area contributed by atoms with Gasteiger partial charge in [0.1, 0.15) is 10.6 Å². The van der Waals surface area contributed by atoms with E-state index in [1.54, 1.807) is 18.2 Å². The first-order chi connectivity index (χ1) is 13.2. The minimum Gasteiger partial charge on any atom is -0.495 e. The molecular formula is C19H23Cl2N3O3S. The zero-order valence-corrected chi connectivity index (χ0v) is 18.2. The highest BCUT2D eigenvalue weighted by Gasteiger charge is 2.24. The molecule has 1 aliphatic rings. The lowest BCUT2D eigenvalue weighted by molar-refractivity contribution is 0.406. The number of benzene rings is 2. The van der Waals surface area contributed by atoms with Crippen molar-refractivity contribution >= 4 is 44.6 Å². The third-order valence-electron chi connectivity index (χ3n) is 4.56. The summed E-state index contributed by atoms with van der Waals surface area (Å²) < 4.78 is 33.7. The molecule has 2 N–H and O–H groups in total. The fraction of sp³-hybridized carbons (Fsp3) is 0.368. The van der Waals surface area contributed by atoms with E-state index in [2.05, 4.69) is 28.8 Å². The molecule has 0 saturated carbocycles.